The fourth-order valence-corrected chi connectivity index (χ4v) is 1.62. The molecule has 1 heterocycles. The first-order valence-electron chi connectivity index (χ1n) is 4.19. The third kappa shape index (κ3) is 1.64. The van der Waals surface area contributed by atoms with E-state index >= 15 is 0 Å². The summed E-state index contributed by atoms with van der Waals surface area (Å²) in [5, 5.41) is 2.40. The van der Waals surface area contributed by atoms with Gasteiger partial charge in [0, 0.05) is 18.3 Å². The molecule has 0 aliphatic carbocycles. The molecule has 1 N–H and O–H groups in total. The summed E-state index contributed by atoms with van der Waals surface area (Å²) in [6.45, 7) is -0.373. The van der Waals surface area contributed by atoms with Crippen molar-refractivity contribution in [2.45, 2.75) is 12.1 Å². The van der Waals surface area contributed by atoms with Gasteiger partial charge in [0.2, 0.25) is 0 Å². The van der Waals surface area contributed by atoms with Crippen LogP contribution in [0.15, 0.2) is 12.1 Å². The van der Waals surface area contributed by atoms with E-state index in [9.17, 15) is 22.0 Å². The normalized spacial score (nSPS) is 19.9. The van der Waals surface area contributed by atoms with Gasteiger partial charge >= 0.3 is 6.18 Å². The average molecular weight is 223 g/mol. The maximum atomic E-state index is 12.8. The number of alkyl halides is 3. The molecular weight excluding hydrogens is 217 g/mol. The van der Waals surface area contributed by atoms with E-state index in [1.165, 1.54) is 0 Å². The molecule has 6 heteroatoms. The van der Waals surface area contributed by atoms with Crippen molar-refractivity contribution in [1.29, 1.82) is 0 Å². The minimum Gasteiger partial charge on any atom is -0.384 e. The zero-order valence-electron chi connectivity index (χ0n) is 7.33. The monoisotopic (exact) mass is 223 g/mol. The molecule has 0 spiro atoms. The highest BCUT2D eigenvalue weighted by molar-refractivity contribution is 5.58. The number of nitrogens with one attached hydrogen (secondary N) is 1. The number of hydrogen-bond donors (Lipinski definition) is 1. The van der Waals surface area contributed by atoms with Crippen molar-refractivity contribution < 1.29 is 22.0 Å². The molecule has 0 aromatic heterocycles. The molecule has 1 unspecified atom stereocenters. The largest absolute Gasteiger partial charge is 0.397 e. The standard InChI is InChI=1S/C9H6F5N/c10-6-1-4-5(9(12,13)14)3-15-8(4)2-7(6)11/h1-2,5,15H,3H2. The molecule has 0 amide bonds. The molecule has 1 aromatic rings. The van der Waals surface area contributed by atoms with E-state index in [1.54, 1.807) is 0 Å². The summed E-state index contributed by atoms with van der Waals surface area (Å²) < 4.78 is 62.7. The van der Waals surface area contributed by atoms with E-state index in [4.69, 9.17) is 0 Å². The molecule has 0 saturated heterocycles. The van der Waals surface area contributed by atoms with Crippen LogP contribution in [-0.2, 0) is 0 Å². The molecule has 1 aliphatic heterocycles. The lowest BCUT2D eigenvalue weighted by molar-refractivity contribution is -0.145. The van der Waals surface area contributed by atoms with E-state index in [1.807, 2.05) is 0 Å². The van der Waals surface area contributed by atoms with Gasteiger partial charge in [0.15, 0.2) is 11.6 Å². The van der Waals surface area contributed by atoms with Gasteiger partial charge in [-0.2, -0.15) is 13.2 Å². The fraction of sp³-hybridized carbons (Fsp3) is 0.333. The van der Waals surface area contributed by atoms with E-state index in [0.29, 0.717) is 6.07 Å². The van der Waals surface area contributed by atoms with Crippen LogP contribution in [0, 0.1) is 11.6 Å². The first kappa shape index (κ1) is 10.2. The maximum absolute atomic E-state index is 12.8. The molecule has 0 fully saturated rings. The van der Waals surface area contributed by atoms with Gasteiger partial charge in [0.05, 0.1) is 5.92 Å². The zero-order valence-corrected chi connectivity index (χ0v) is 7.33. The van der Waals surface area contributed by atoms with E-state index < -0.39 is 23.7 Å². The molecule has 0 bridgehead atoms. The molecule has 1 atom stereocenters. The Hall–Kier alpha value is -1.33. The Balaban J connectivity index is 2.47. The highest BCUT2D eigenvalue weighted by Crippen LogP contribution is 2.42. The van der Waals surface area contributed by atoms with Crippen LogP contribution >= 0.6 is 0 Å². The van der Waals surface area contributed by atoms with Crippen LogP contribution in [0.3, 0.4) is 0 Å². The summed E-state index contributed by atoms with van der Waals surface area (Å²) in [5.41, 5.74) is -0.224. The Bertz CT molecular complexity index is 398. The minimum absolute atomic E-state index is 0.0104. The number of benzene rings is 1. The van der Waals surface area contributed by atoms with Gasteiger partial charge in [-0.05, 0) is 11.6 Å². The van der Waals surface area contributed by atoms with Gasteiger partial charge in [-0.3, -0.25) is 0 Å². The third-order valence-corrected chi connectivity index (χ3v) is 2.36. The van der Waals surface area contributed by atoms with Crippen LogP contribution < -0.4 is 5.32 Å². The van der Waals surface area contributed by atoms with Crippen molar-refractivity contribution in [3.8, 4) is 0 Å². The van der Waals surface area contributed by atoms with Crippen molar-refractivity contribution in [3.05, 3.63) is 29.3 Å². The summed E-state index contributed by atoms with van der Waals surface area (Å²) in [6.07, 6.45) is -4.44. The van der Waals surface area contributed by atoms with E-state index in [-0.39, 0.29) is 17.8 Å². The number of fused-ring (bicyclic) bond motifs is 1. The van der Waals surface area contributed by atoms with Gasteiger partial charge in [0.25, 0.3) is 0 Å². The Kier molecular flexibility index (Phi) is 2.09. The van der Waals surface area contributed by atoms with E-state index in [0.717, 1.165) is 6.07 Å². The lowest BCUT2D eigenvalue weighted by Crippen LogP contribution is -2.22. The highest BCUT2D eigenvalue weighted by atomic mass is 19.4. The molecule has 15 heavy (non-hydrogen) atoms. The Morgan fingerprint density at radius 3 is 2.33 bits per heavy atom. The second-order valence-electron chi connectivity index (χ2n) is 3.33. The summed E-state index contributed by atoms with van der Waals surface area (Å²) in [5.74, 6) is -4.17. The second kappa shape index (κ2) is 3.08. The lowest BCUT2D eigenvalue weighted by Gasteiger charge is -2.14. The lowest BCUT2D eigenvalue weighted by atomic mass is 10.0. The molecular formula is C9H6F5N. The van der Waals surface area contributed by atoms with Crippen LogP contribution in [0.25, 0.3) is 0 Å². The molecule has 2 rings (SSSR count). The minimum atomic E-state index is -4.44. The quantitative estimate of drug-likeness (QED) is 0.666. The Morgan fingerprint density at radius 1 is 1.13 bits per heavy atom. The van der Waals surface area contributed by atoms with Gasteiger partial charge in [-0.1, -0.05) is 0 Å². The van der Waals surface area contributed by atoms with Crippen LogP contribution in [0.1, 0.15) is 11.5 Å². The maximum Gasteiger partial charge on any atom is 0.397 e. The Labute approximate surface area is 81.9 Å². The van der Waals surface area contributed by atoms with Gasteiger partial charge in [0.1, 0.15) is 0 Å². The predicted octanol–water partition coefficient (Wildman–Crippen LogP) is 3.04. The molecule has 1 nitrogen and oxygen atoms in total. The third-order valence-electron chi connectivity index (χ3n) is 2.36. The van der Waals surface area contributed by atoms with Gasteiger partial charge < -0.3 is 5.32 Å². The summed E-state index contributed by atoms with van der Waals surface area (Å²) >= 11 is 0. The van der Waals surface area contributed by atoms with Gasteiger partial charge in [-0.15, -0.1) is 0 Å². The molecule has 1 aliphatic rings. The topological polar surface area (TPSA) is 12.0 Å². The Morgan fingerprint density at radius 2 is 1.73 bits per heavy atom. The highest BCUT2D eigenvalue weighted by Gasteiger charge is 2.44. The van der Waals surface area contributed by atoms with Crippen molar-refractivity contribution in [3.63, 3.8) is 0 Å². The number of halogens is 5. The number of anilines is 1. The zero-order chi connectivity index (χ0) is 11.2. The molecule has 82 valence electrons. The van der Waals surface area contributed by atoms with E-state index in [2.05, 4.69) is 5.32 Å². The fourth-order valence-electron chi connectivity index (χ4n) is 1.62. The van der Waals surface area contributed by atoms with Crippen LogP contribution in [0.4, 0.5) is 27.6 Å². The first-order valence-corrected chi connectivity index (χ1v) is 4.19. The van der Waals surface area contributed by atoms with Crippen molar-refractivity contribution in [2.24, 2.45) is 0 Å². The summed E-state index contributed by atoms with van der Waals surface area (Å²) in [7, 11) is 0. The summed E-state index contributed by atoms with van der Waals surface area (Å²) in [4.78, 5) is 0. The summed E-state index contributed by atoms with van der Waals surface area (Å²) in [6, 6.07) is 1.35. The second-order valence-corrected chi connectivity index (χ2v) is 3.33. The van der Waals surface area contributed by atoms with Gasteiger partial charge in [-0.25, -0.2) is 8.78 Å². The average Bonchev–Trinajstić information content (AvgIpc) is 2.47. The van der Waals surface area contributed by atoms with Crippen LogP contribution in [0.2, 0.25) is 0 Å². The van der Waals surface area contributed by atoms with Crippen LogP contribution in [0.5, 0.6) is 0 Å². The number of hydrogen-bond acceptors (Lipinski definition) is 1. The number of rotatable bonds is 0. The molecule has 1 aromatic carbocycles. The molecule has 0 saturated carbocycles. The first-order chi connectivity index (χ1) is 6.89. The van der Waals surface area contributed by atoms with Crippen molar-refractivity contribution in [2.75, 3.05) is 11.9 Å². The van der Waals surface area contributed by atoms with Crippen LogP contribution in [-0.4, -0.2) is 12.7 Å². The van der Waals surface area contributed by atoms with Crippen molar-refractivity contribution >= 4 is 5.69 Å². The SMILES string of the molecule is Fc1cc2c(cc1F)C(C(F)(F)F)CN2. The predicted molar refractivity (Wildman–Crippen MR) is 43.6 cm³/mol. The smallest absolute Gasteiger partial charge is 0.384 e. The van der Waals surface area contributed by atoms with Crippen molar-refractivity contribution in [1.82, 2.24) is 0 Å². The molecule has 0 radical (unpaired) electrons.